The molecule has 0 spiro atoms. The molecule has 1 saturated carbocycles. The lowest BCUT2D eigenvalue weighted by Crippen LogP contribution is -2.08. The van der Waals surface area contributed by atoms with E-state index in [2.05, 4.69) is 6.58 Å². The smallest absolute Gasteiger partial charge is 0.0464 e. The second kappa shape index (κ2) is 3.02. The predicted molar refractivity (Wildman–Crippen MR) is 38.1 cm³/mol. The van der Waals surface area contributed by atoms with Gasteiger partial charge in [-0.3, -0.25) is 0 Å². The molecule has 9 heavy (non-hydrogen) atoms. The van der Waals surface area contributed by atoms with Crippen molar-refractivity contribution >= 4 is 0 Å². The van der Waals surface area contributed by atoms with Gasteiger partial charge in [0.25, 0.3) is 0 Å². The van der Waals surface area contributed by atoms with Crippen LogP contribution >= 0.6 is 0 Å². The van der Waals surface area contributed by atoms with E-state index in [-0.39, 0.29) is 0 Å². The first-order valence-electron chi connectivity index (χ1n) is 3.62. The van der Waals surface area contributed by atoms with Gasteiger partial charge in [0.1, 0.15) is 0 Å². The van der Waals surface area contributed by atoms with Crippen molar-refractivity contribution in [2.24, 2.45) is 11.8 Å². The van der Waals surface area contributed by atoms with Crippen molar-refractivity contribution in [3.63, 3.8) is 0 Å². The number of aliphatic hydroxyl groups is 1. The lowest BCUT2D eigenvalue weighted by molar-refractivity contribution is 0.210. The summed E-state index contributed by atoms with van der Waals surface area (Å²) in [6.07, 6.45) is 5.66. The van der Waals surface area contributed by atoms with Crippen LogP contribution in [-0.2, 0) is 0 Å². The molecule has 1 aliphatic rings. The summed E-state index contributed by atoms with van der Waals surface area (Å²) in [5, 5.41) is 8.82. The molecule has 52 valence electrons. The molecule has 0 aromatic rings. The molecule has 2 unspecified atom stereocenters. The molecule has 0 saturated heterocycles. The van der Waals surface area contributed by atoms with Gasteiger partial charge in [0.15, 0.2) is 0 Å². The van der Waals surface area contributed by atoms with E-state index in [1.165, 1.54) is 19.3 Å². The van der Waals surface area contributed by atoms with Gasteiger partial charge in [-0.2, -0.15) is 0 Å². The van der Waals surface area contributed by atoms with Crippen LogP contribution in [0.2, 0.25) is 0 Å². The third-order valence-electron chi connectivity index (χ3n) is 2.26. The zero-order chi connectivity index (χ0) is 6.69. The van der Waals surface area contributed by atoms with Crippen LogP contribution in [0.5, 0.6) is 0 Å². The summed E-state index contributed by atoms with van der Waals surface area (Å²) >= 11 is 0. The van der Waals surface area contributed by atoms with Crippen molar-refractivity contribution in [3.8, 4) is 0 Å². The number of aliphatic hydroxyl groups excluding tert-OH is 1. The van der Waals surface area contributed by atoms with Crippen LogP contribution < -0.4 is 0 Å². The van der Waals surface area contributed by atoms with Crippen LogP contribution in [0, 0.1) is 11.8 Å². The minimum atomic E-state index is 0.344. The Morgan fingerprint density at radius 1 is 1.56 bits per heavy atom. The first-order chi connectivity index (χ1) is 4.38. The summed E-state index contributed by atoms with van der Waals surface area (Å²) in [5.74, 6) is 1.11. The SMILES string of the molecule is C=CC1CCCC1CO. The molecule has 0 aromatic heterocycles. The van der Waals surface area contributed by atoms with Crippen LogP contribution in [0.15, 0.2) is 12.7 Å². The van der Waals surface area contributed by atoms with E-state index in [0.29, 0.717) is 18.4 Å². The Morgan fingerprint density at radius 3 is 2.78 bits per heavy atom. The monoisotopic (exact) mass is 126 g/mol. The minimum Gasteiger partial charge on any atom is -0.396 e. The topological polar surface area (TPSA) is 20.2 Å². The van der Waals surface area contributed by atoms with Crippen LogP contribution in [0.4, 0.5) is 0 Å². The van der Waals surface area contributed by atoms with Gasteiger partial charge in [-0.15, -0.1) is 6.58 Å². The molecule has 1 fully saturated rings. The van der Waals surface area contributed by atoms with E-state index in [4.69, 9.17) is 5.11 Å². The molecule has 2 atom stereocenters. The van der Waals surface area contributed by atoms with Crippen molar-refractivity contribution in [1.82, 2.24) is 0 Å². The van der Waals surface area contributed by atoms with E-state index >= 15 is 0 Å². The average molecular weight is 126 g/mol. The third-order valence-corrected chi connectivity index (χ3v) is 2.26. The maximum absolute atomic E-state index is 8.82. The summed E-state index contributed by atoms with van der Waals surface area (Å²) in [5.41, 5.74) is 0. The zero-order valence-corrected chi connectivity index (χ0v) is 5.71. The van der Waals surface area contributed by atoms with E-state index in [1.807, 2.05) is 6.08 Å². The minimum absolute atomic E-state index is 0.344. The van der Waals surface area contributed by atoms with E-state index in [0.717, 1.165) is 0 Å². The van der Waals surface area contributed by atoms with Crippen LogP contribution in [0.1, 0.15) is 19.3 Å². The van der Waals surface area contributed by atoms with Crippen LogP contribution in [0.3, 0.4) is 0 Å². The highest BCUT2D eigenvalue weighted by Gasteiger charge is 2.23. The van der Waals surface area contributed by atoms with Crippen LogP contribution in [-0.4, -0.2) is 11.7 Å². The number of hydrogen-bond donors (Lipinski definition) is 1. The van der Waals surface area contributed by atoms with Crippen molar-refractivity contribution in [3.05, 3.63) is 12.7 Å². The molecular formula is C8H14O. The lowest BCUT2D eigenvalue weighted by Gasteiger charge is -2.10. The van der Waals surface area contributed by atoms with Crippen LogP contribution in [0.25, 0.3) is 0 Å². The second-order valence-electron chi connectivity index (χ2n) is 2.77. The molecule has 1 nitrogen and oxygen atoms in total. The molecule has 0 radical (unpaired) electrons. The fourth-order valence-corrected chi connectivity index (χ4v) is 1.60. The molecule has 1 rings (SSSR count). The van der Waals surface area contributed by atoms with Gasteiger partial charge < -0.3 is 5.11 Å². The van der Waals surface area contributed by atoms with E-state index in [9.17, 15) is 0 Å². The number of allylic oxidation sites excluding steroid dienone is 1. The fourth-order valence-electron chi connectivity index (χ4n) is 1.60. The molecular weight excluding hydrogens is 112 g/mol. The quantitative estimate of drug-likeness (QED) is 0.557. The highest BCUT2D eigenvalue weighted by Crippen LogP contribution is 2.31. The van der Waals surface area contributed by atoms with Gasteiger partial charge >= 0.3 is 0 Å². The first-order valence-corrected chi connectivity index (χ1v) is 3.62. The highest BCUT2D eigenvalue weighted by atomic mass is 16.3. The molecule has 1 N–H and O–H groups in total. The Kier molecular flexibility index (Phi) is 2.29. The number of hydrogen-bond acceptors (Lipinski definition) is 1. The summed E-state index contributed by atoms with van der Waals surface area (Å²) in [6.45, 7) is 4.07. The van der Waals surface area contributed by atoms with Gasteiger partial charge in [0.2, 0.25) is 0 Å². The van der Waals surface area contributed by atoms with Gasteiger partial charge in [-0.05, 0) is 24.7 Å². The second-order valence-corrected chi connectivity index (χ2v) is 2.77. The summed E-state index contributed by atoms with van der Waals surface area (Å²) in [7, 11) is 0. The fraction of sp³-hybridized carbons (Fsp3) is 0.750. The van der Waals surface area contributed by atoms with Gasteiger partial charge in [-0.25, -0.2) is 0 Å². The average Bonchev–Trinajstić information content (AvgIpc) is 2.33. The number of rotatable bonds is 2. The Balaban J connectivity index is 2.41. The molecule has 1 heteroatoms. The lowest BCUT2D eigenvalue weighted by atomic mass is 9.97. The first kappa shape index (κ1) is 6.81. The highest BCUT2D eigenvalue weighted by molar-refractivity contribution is 4.88. The van der Waals surface area contributed by atoms with Crippen molar-refractivity contribution in [2.45, 2.75) is 19.3 Å². The van der Waals surface area contributed by atoms with E-state index in [1.54, 1.807) is 0 Å². The van der Waals surface area contributed by atoms with Gasteiger partial charge in [0, 0.05) is 6.61 Å². The summed E-state index contributed by atoms with van der Waals surface area (Å²) in [6, 6.07) is 0. The summed E-state index contributed by atoms with van der Waals surface area (Å²) in [4.78, 5) is 0. The molecule has 0 heterocycles. The van der Waals surface area contributed by atoms with Crippen molar-refractivity contribution in [1.29, 1.82) is 0 Å². The predicted octanol–water partition coefficient (Wildman–Crippen LogP) is 1.58. The summed E-state index contributed by atoms with van der Waals surface area (Å²) < 4.78 is 0. The standard InChI is InChI=1S/C8H14O/c1-2-7-4-3-5-8(7)6-9/h2,7-9H,1,3-6H2. The Labute approximate surface area is 56.4 Å². The molecule has 1 aliphatic carbocycles. The van der Waals surface area contributed by atoms with Gasteiger partial charge in [0.05, 0.1) is 0 Å². The Morgan fingerprint density at radius 2 is 2.33 bits per heavy atom. The largest absolute Gasteiger partial charge is 0.396 e. The molecule has 0 aromatic carbocycles. The normalized spacial score (nSPS) is 34.8. The maximum atomic E-state index is 8.82. The van der Waals surface area contributed by atoms with Crippen molar-refractivity contribution < 1.29 is 5.11 Å². The van der Waals surface area contributed by atoms with Crippen molar-refractivity contribution in [2.75, 3.05) is 6.61 Å². The molecule has 0 bridgehead atoms. The third kappa shape index (κ3) is 1.33. The Hall–Kier alpha value is -0.300. The van der Waals surface area contributed by atoms with E-state index < -0.39 is 0 Å². The zero-order valence-electron chi connectivity index (χ0n) is 5.71. The molecule has 0 amide bonds. The maximum Gasteiger partial charge on any atom is 0.0464 e. The molecule has 0 aliphatic heterocycles. The Bertz CT molecular complexity index is 98.7. The van der Waals surface area contributed by atoms with Gasteiger partial charge in [-0.1, -0.05) is 12.5 Å².